The van der Waals surface area contributed by atoms with E-state index >= 15 is 0 Å². The molecule has 32 heavy (non-hydrogen) atoms. The van der Waals surface area contributed by atoms with E-state index in [-0.39, 0.29) is 29.5 Å². The molecule has 2 heterocycles. The summed E-state index contributed by atoms with van der Waals surface area (Å²) in [5.74, 6) is -2.00. The number of rotatable bonds is 5. The summed E-state index contributed by atoms with van der Waals surface area (Å²) < 4.78 is 0. The fourth-order valence-electron chi connectivity index (χ4n) is 4.62. The number of carbonyl (C=O) groups excluding carboxylic acids is 4. The Morgan fingerprint density at radius 1 is 1.03 bits per heavy atom. The lowest BCUT2D eigenvalue weighted by Gasteiger charge is -2.38. The minimum absolute atomic E-state index is 0.0993. The van der Waals surface area contributed by atoms with Crippen LogP contribution in [-0.2, 0) is 21.7 Å². The van der Waals surface area contributed by atoms with E-state index in [4.69, 9.17) is 5.73 Å². The molecule has 0 radical (unpaired) electrons. The van der Waals surface area contributed by atoms with E-state index in [1.165, 1.54) is 0 Å². The molecule has 8 nitrogen and oxygen atoms in total. The quantitative estimate of drug-likeness (QED) is 0.622. The zero-order chi connectivity index (χ0) is 22.5. The van der Waals surface area contributed by atoms with Crippen LogP contribution in [0.1, 0.15) is 63.9 Å². The van der Waals surface area contributed by atoms with Crippen LogP contribution in [0.3, 0.4) is 0 Å². The second-order valence-corrected chi connectivity index (χ2v) is 8.77. The highest BCUT2D eigenvalue weighted by Crippen LogP contribution is 2.39. The van der Waals surface area contributed by atoms with Gasteiger partial charge >= 0.3 is 0 Å². The van der Waals surface area contributed by atoms with Crippen LogP contribution in [0.2, 0.25) is 0 Å². The van der Waals surface area contributed by atoms with E-state index in [1.807, 2.05) is 18.2 Å². The van der Waals surface area contributed by atoms with Crippen LogP contribution in [0.5, 0.6) is 0 Å². The number of nitrogens with two attached hydrogens (primary N) is 1. The summed E-state index contributed by atoms with van der Waals surface area (Å²) in [5, 5.41) is 5.56. The Morgan fingerprint density at radius 3 is 2.53 bits per heavy atom. The first-order valence-corrected chi connectivity index (χ1v) is 10.8. The first kappa shape index (κ1) is 20.4. The molecule has 3 aliphatic rings. The number of piperidine rings is 1. The first-order valence-electron chi connectivity index (χ1n) is 10.8. The lowest BCUT2D eigenvalue weighted by Crippen LogP contribution is -2.54. The molecule has 4 amide bonds. The topological polar surface area (TPSA) is 122 Å². The second-order valence-electron chi connectivity index (χ2n) is 8.77. The van der Waals surface area contributed by atoms with Crippen LogP contribution in [0.15, 0.2) is 42.5 Å². The van der Waals surface area contributed by atoms with Crippen molar-refractivity contribution in [3.63, 3.8) is 0 Å². The molecule has 1 saturated heterocycles. The van der Waals surface area contributed by atoms with Crippen molar-refractivity contribution in [1.82, 2.24) is 10.2 Å². The number of benzene rings is 2. The molecule has 2 aliphatic heterocycles. The lowest BCUT2D eigenvalue weighted by molar-refractivity contribution is -0.136. The van der Waals surface area contributed by atoms with Crippen LogP contribution in [0.25, 0.3) is 0 Å². The van der Waals surface area contributed by atoms with Crippen molar-refractivity contribution in [3.05, 3.63) is 64.7 Å². The van der Waals surface area contributed by atoms with Gasteiger partial charge in [0.15, 0.2) is 0 Å². The standard InChI is InChI=1S/C24H24N4O4/c25-24(9-2-10-24)15-3-1-4-16(12-15)26-13-14-5-6-17-18(11-14)23(32)28(22(17)31)19-7-8-20(29)27-21(19)30/h1,3-6,11-12,19,26H,2,7-10,13,25H2,(H,27,29,30). The van der Waals surface area contributed by atoms with Gasteiger partial charge in [-0.15, -0.1) is 0 Å². The predicted octanol–water partition coefficient (Wildman–Crippen LogP) is 2.04. The highest BCUT2D eigenvalue weighted by atomic mass is 16.2. The maximum absolute atomic E-state index is 13.0. The average molecular weight is 432 g/mol. The van der Waals surface area contributed by atoms with Gasteiger partial charge in [-0.2, -0.15) is 0 Å². The number of carbonyl (C=O) groups is 4. The summed E-state index contributed by atoms with van der Waals surface area (Å²) in [4.78, 5) is 50.3. The number of nitrogens with zero attached hydrogens (tertiary/aromatic N) is 1. The van der Waals surface area contributed by atoms with Gasteiger partial charge in [0, 0.05) is 24.2 Å². The molecule has 1 aliphatic carbocycles. The number of anilines is 1. The molecule has 0 bridgehead atoms. The van der Waals surface area contributed by atoms with E-state index in [0.29, 0.717) is 6.54 Å². The van der Waals surface area contributed by atoms with Gasteiger partial charge in [-0.3, -0.25) is 29.4 Å². The molecule has 8 heteroatoms. The van der Waals surface area contributed by atoms with Gasteiger partial charge in [-0.25, -0.2) is 0 Å². The normalized spacial score (nSPS) is 21.8. The fraction of sp³-hybridized carbons (Fsp3) is 0.333. The Bertz CT molecular complexity index is 1150. The number of imide groups is 2. The van der Waals surface area contributed by atoms with Crippen molar-refractivity contribution in [2.45, 2.75) is 50.2 Å². The molecule has 1 atom stereocenters. The molecule has 1 unspecified atom stereocenters. The molecule has 1 saturated carbocycles. The first-order chi connectivity index (χ1) is 15.4. The lowest BCUT2D eigenvalue weighted by atomic mass is 9.73. The van der Waals surface area contributed by atoms with Crippen molar-refractivity contribution >= 4 is 29.3 Å². The van der Waals surface area contributed by atoms with Crippen molar-refractivity contribution in [2.75, 3.05) is 5.32 Å². The summed E-state index contributed by atoms with van der Waals surface area (Å²) >= 11 is 0. The Balaban J connectivity index is 1.32. The Labute approximate surface area is 185 Å². The summed E-state index contributed by atoms with van der Waals surface area (Å²) in [6, 6.07) is 12.2. The summed E-state index contributed by atoms with van der Waals surface area (Å²) in [7, 11) is 0. The second kappa shape index (κ2) is 7.56. The molecular weight excluding hydrogens is 408 g/mol. The van der Waals surface area contributed by atoms with Gasteiger partial charge < -0.3 is 11.1 Å². The van der Waals surface area contributed by atoms with E-state index < -0.39 is 29.7 Å². The number of nitrogens with one attached hydrogen (secondary N) is 2. The van der Waals surface area contributed by atoms with Gasteiger partial charge in [0.25, 0.3) is 11.8 Å². The van der Waals surface area contributed by atoms with Crippen molar-refractivity contribution in [1.29, 1.82) is 0 Å². The molecule has 2 fully saturated rings. The van der Waals surface area contributed by atoms with E-state index in [9.17, 15) is 19.2 Å². The SMILES string of the molecule is NC1(c2cccc(NCc3ccc4c(c3)C(=O)N(C3CCC(=O)NC3=O)C4=O)c2)CCC1. The smallest absolute Gasteiger partial charge is 0.262 e. The van der Waals surface area contributed by atoms with Gasteiger partial charge in [-0.05, 0) is 61.1 Å². The monoisotopic (exact) mass is 432 g/mol. The summed E-state index contributed by atoms with van der Waals surface area (Å²) in [6.45, 7) is 0.466. The number of hydrogen-bond acceptors (Lipinski definition) is 6. The van der Waals surface area contributed by atoms with Gasteiger partial charge in [-0.1, -0.05) is 18.2 Å². The van der Waals surface area contributed by atoms with Crippen LogP contribution in [0.4, 0.5) is 5.69 Å². The minimum atomic E-state index is -0.959. The third-order valence-electron chi connectivity index (χ3n) is 6.68. The molecule has 164 valence electrons. The Morgan fingerprint density at radius 2 is 1.81 bits per heavy atom. The van der Waals surface area contributed by atoms with E-state index in [0.717, 1.165) is 41.0 Å². The third kappa shape index (κ3) is 3.36. The predicted molar refractivity (Wildman–Crippen MR) is 117 cm³/mol. The largest absolute Gasteiger partial charge is 0.381 e. The summed E-state index contributed by atoms with van der Waals surface area (Å²) in [6.07, 6.45) is 3.36. The van der Waals surface area contributed by atoms with Crippen LogP contribution < -0.4 is 16.4 Å². The number of fused-ring (bicyclic) bond motifs is 1. The Hall–Kier alpha value is -3.52. The van der Waals surface area contributed by atoms with Crippen molar-refractivity contribution in [3.8, 4) is 0 Å². The fourth-order valence-corrected chi connectivity index (χ4v) is 4.62. The molecule has 5 rings (SSSR count). The van der Waals surface area contributed by atoms with Crippen LogP contribution in [-0.4, -0.2) is 34.6 Å². The number of amides is 4. The van der Waals surface area contributed by atoms with Crippen molar-refractivity contribution in [2.24, 2.45) is 5.73 Å². The molecule has 2 aromatic rings. The number of hydrogen-bond donors (Lipinski definition) is 3. The van der Waals surface area contributed by atoms with Crippen molar-refractivity contribution < 1.29 is 19.2 Å². The maximum Gasteiger partial charge on any atom is 0.262 e. The molecule has 0 spiro atoms. The van der Waals surface area contributed by atoms with Crippen LogP contribution >= 0.6 is 0 Å². The molecule has 0 aromatic heterocycles. The van der Waals surface area contributed by atoms with Gasteiger partial charge in [0.05, 0.1) is 11.1 Å². The molecule has 4 N–H and O–H groups in total. The highest BCUT2D eigenvalue weighted by molar-refractivity contribution is 6.23. The third-order valence-corrected chi connectivity index (χ3v) is 6.68. The zero-order valence-corrected chi connectivity index (χ0v) is 17.5. The van der Waals surface area contributed by atoms with Gasteiger partial charge in [0.1, 0.15) is 6.04 Å². The zero-order valence-electron chi connectivity index (χ0n) is 17.5. The molecular formula is C24H24N4O4. The Kier molecular flexibility index (Phi) is 4.82. The summed E-state index contributed by atoms with van der Waals surface area (Å²) in [5.41, 5.74) is 9.64. The van der Waals surface area contributed by atoms with E-state index in [2.05, 4.69) is 16.7 Å². The minimum Gasteiger partial charge on any atom is -0.381 e. The van der Waals surface area contributed by atoms with Crippen LogP contribution in [0, 0.1) is 0 Å². The van der Waals surface area contributed by atoms with Gasteiger partial charge in [0.2, 0.25) is 11.8 Å². The van der Waals surface area contributed by atoms with E-state index in [1.54, 1.807) is 18.2 Å². The maximum atomic E-state index is 13.0. The highest BCUT2D eigenvalue weighted by Gasteiger charge is 2.44. The molecule has 2 aromatic carbocycles. The average Bonchev–Trinajstić information content (AvgIpc) is 3.01.